The van der Waals surface area contributed by atoms with E-state index in [2.05, 4.69) is 21.2 Å². The zero-order chi connectivity index (χ0) is 14.5. The molecule has 1 aromatic rings. The average Bonchev–Trinajstić information content (AvgIpc) is 2.37. The van der Waals surface area contributed by atoms with Gasteiger partial charge in [0.15, 0.2) is 0 Å². The molecule has 0 heterocycles. The van der Waals surface area contributed by atoms with Crippen molar-refractivity contribution >= 4 is 21.8 Å². The molecule has 0 fully saturated rings. The van der Waals surface area contributed by atoms with Gasteiger partial charge in [-0.25, -0.2) is 8.78 Å². The van der Waals surface area contributed by atoms with E-state index in [1.54, 1.807) is 18.2 Å². The fourth-order valence-electron chi connectivity index (χ4n) is 1.42. The van der Waals surface area contributed by atoms with Crippen LogP contribution in [-0.2, 0) is 11.2 Å². The molecule has 7 heteroatoms. The van der Waals surface area contributed by atoms with Crippen LogP contribution in [0.1, 0.15) is 5.56 Å². The van der Waals surface area contributed by atoms with Crippen molar-refractivity contribution in [3.8, 4) is 5.75 Å². The van der Waals surface area contributed by atoms with Crippen molar-refractivity contribution in [2.24, 2.45) is 5.73 Å². The Bertz CT molecular complexity index is 455. The van der Waals surface area contributed by atoms with Gasteiger partial charge in [0.2, 0.25) is 5.91 Å². The minimum atomic E-state index is -3.09. The number of hydrogen-bond acceptors (Lipinski definition) is 3. The number of carbonyl (C=O) groups excluding carboxylic acids is 1. The first-order chi connectivity index (χ1) is 8.88. The normalized spacial score (nSPS) is 11.2. The molecule has 0 spiro atoms. The predicted molar refractivity (Wildman–Crippen MR) is 71.4 cm³/mol. The molecule has 0 aliphatic carbocycles. The Kier molecular flexibility index (Phi) is 5.68. The molecule has 106 valence electrons. The number of amides is 1. The molecule has 19 heavy (non-hydrogen) atoms. The number of halogens is 3. The van der Waals surface area contributed by atoms with Gasteiger partial charge in [-0.1, -0.05) is 15.9 Å². The van der Waals surface area contributed by atoms with Gasteiger partial charge in [-0.05, 0) is 18.2 Å². The standard InChI is InChI=1S/C12H15BrF2N2O2/c1-19-10-3-2-9(13)4-8(10)5-11(18)17-7-12(14,15)6-16/h2-4H,5-7,16H2,1H3,(H,17,18). The summed E-state index contributed by atoms with van der Waals surface area (Å²) in [4.78, 5) is 11.6. The maximum absolute atomic E-state index is 12.9. The van der Waals surface area contributed by atoms with E-state index in [1.807, 2.05) is 0 Å². The number of alkyl halides is 2. The summed E-state index contributed by atoms with van der Waals surface area (Å²) in [6, 6.07) is 5.17. The van der Waals surface area contributed by atoms with Crippen LogP contribution < -0.4 is 15.8 Å². The van der Waals surface area contributed by atoms with Crippen LogP contribution in [0.3, 0.4) is 0 Å². The largest absolute Gasteiger partial charge is 0.496 e. The van der Waals surface area contributed by atoms with Crippen molar-refractivity contribution < 1.29 is 18.3 Å². The van der Waals surface area contributed by atoms with Crippen molar-refractivity contribution in [2.45, 2.75) is 12.3 Å². The summed E-state index contributed by atoms with van der Waals surface area (Å²) in [7, 11) is 1.48. The van der Waals surface area contributed by atoms with Crippen molar-refractivity contribution in [2.75, 3.05) is 20.2 Å². The fraction of sp³-hybridized carbons (Fsp3) is 0.417. The number of carbonyl (C=O) groups is 1. The van der Waals surface area contributed by atoms with E-state index in [9.17, 15) is 13.6 Å². The van der Waals surface area contributed by atoms with Crippen LogP contribution in [0.25, 0.3) is 0 Å². The quantitative estimate of drug-likeness (QED) is 0.831. The molecule has 4 nitrogen and oxygen atoms in total. The molecular formula is C12H15BrF2N2O2. The summed E-state index contributed by atoms with van der Waals surface area (Å²) in [6.45, 7) is -1.56. The van der Waals surface area contributed by atoms with Gasteiger partial charge in [0.05, 0.1) is 26.6 Å². The molecular weight excluding hydrogens is 322 g/mol. The van der Waals surface area contributed by atoms with E-state index in [0.717, 1.165) is 4.47 Å². The van der Waals surface area contributed by atoms with Crippen LogP contribution in [0, 0.1) is 0 Å². The van der Waals surface area contributed by atoms with Crippen LogP contribution >= 0.6 is 15.9 Å². The number of nitrogens with two attached hydrogens (primary N) is 1. The third-order valence-electron chi connectivity index (χ3n) is 2.44. The summed E-state index contributed by atoms with van der Waals surface area (Å²) in [5.41, 5.74) is 5.50. The smallest absolute Gasteiger partial charge is 0.277 e. The van der Waals surface area contributed by atoms with Crippen molar-refractivity contribution in [1.29, 1.82) is 0 Å². The minimum Gasteiger partial charge on any atom is -0.496 e. The zero-order valence-corrected chi connectivity index (χ0v) is 12.0. The van der Waals surface area contributed by atoms with Gasteiger partial charge in [-0.2, -0.15) is 0 Å². The van der Waals surface area contributed by atoms with Crippen LogP contribution in [0.2, 0.25) is 0 Å². The Balaban J connectivity index is 2.64. The van der Waals surface area contributed by atoms with Crippen molar-refractivity contribution in [1.82, 2.24) is 5.32 Å². The lowest BCUT2D eigenvalue weighted by Gasteiger charge is -2.15. The molecule has 1 aromatic carbocycles. The Morgan fingerprint density at radius 2 is 2.21 bits per heavy atom. The number of ether oxygens (including phenoxy) is 1. The predicted octanol–water partition coefficient (Wildman–Crippen LogP) is 1.71. The number of benzene rings is 1. The van der Waals surface area contributed by atoms with E-state index >= 15 is 0 Å². The van der Waals surface area contributed by atoms with E-state index < -0.39 is 24.9 Å². The summed E-state index contributed by atoms with van der Waals surface area (Å²) in [5, 5.41) is 2.15. The van der Waals surface area contributed by atoms with E-state index in [4.69, 9.17) is 10.5 Å². The second-order valence-electron chi connectivity index (χ2n) is 3.97. The first-order valence-corrected chi connectivity index (χ1v) is 6.34. The molecule has 0 saturated heterocycles. The molecule has 0 aliphatic heterocycles. The number of rotatable bonds is 6. The maximum atomic E-state index is 12.9. The van der Waals surface area contributed by atoms with E-state index in [-0.39, 0.29) is 6.42 Å². The Morgan fingerprint density at radius 1 is 1.53 bits per heavy atom. The molecule has 1 amide bonds. The van der Waals surface area contributed by atoms with Crippen LogP contribution in [0.15, 0.2) is 22.7 Å². The van der Waals surface area contributed by atoms with Gasteiger partial charge >= 0.3 is 0 Å². The molecule has 0 atom stereocenters. The second-order valence-corrected chi connectivity index (χ2v) is 4.89. The highest BCUT2D eigenvalue weighted by atomic mass is 79.9. The number of hydrogen-bond donors (Lipinski definition) is 2. The summed E-state index contributed by atoms with van der Waals surface area (Å²) >= 11 is 3.27. The highest BCUT2D eigenvalue weighted by molar-refractivity contribution is 9.10. The molecule has 0 unspecified atom stereocenters. The molecule has 0 aromatic heterocycles. The highest BCUT2D eigenvalue weighted by Crippen LogP contribution is 2.23. The van der Waals surface area contributed by atoms with Crippen LogP contribution in [0.4, 0.5) is 8.78 Å². The van der Waals surface area contributed by atoms with Gasteiger partial charge in [-0.15, -0.1) is 0 Å². The van der Waals surface area contributed by atoms with Gasteiger partial charge in [0, 0.05) is 10.0 Å². The second kappa shape index (κ2) is 6.81. The van der Waals surface area contributed by atoms with Gasteiger partial charge < -0.3 is 15.8 Å². The molecule has 0 saturated carbocycles. The SMILES string of the molecule is COc1ccc(Br)cc1CC(=O)NCC(F)(F)CN. The molecule has 1 rings (SSSR count). The van der Waals surface area contributed by atoms with E-state index in [1.165, 1.54) is 7.11 Å². The lowest BCUT2D eigenvalue weighted by atomic mass is 10.1. The maximum Gasteiger partial charge on any atom is 0.277 e. The molecule has 0 aliphatic rings. The first kappa shape index (κ1) is 15.8. The third kappa shape index (κ3) is 5.12. The molecule has 0 radical (unpaired) electrons. The number of methoxy groups -OCH3 is 1. The summed E-state index contributed by atoms with van der Waals surface area (Å²) in [5.74, 6) is -3.06. The van der Waals surface area contributed by atoms with E-state index in [0.29, 0.717) is 11.3 Å². The summed E-state index contributed by atoms with van der Waals surface area (Å²) < 4.78 is 31.7. The molecule has 0 bridgehead atoms. The average molecular weight is 337 g/mol. The summed E-state index contributed by atoms with van der Waals surface area (Å²) in [6.07, 6.45) is -0.0384. The van der Waals surface area contributed by atoms with Crippen molar-refractivity contribution in [3.63, 3.8) is 0 Å². The highest BCUT2D eigenvalue weighted by Gasteiger charge is 2.27. The van der Waals surface area contributed by atoms with Crippen LogP contribution in [-0.4, -0.2) is 32.0 Å². The van der Waals surface area contributed by atoms with Crippen molar-refractivity contribution in [3.05, 3.63) is 28.2 Å². The number of nitrogens with one attached hydrogen (secondary N) is 1. The minimum absolute atomic E-state index is 0.0384. The van der Waals surface area contributed by atoms with Crippen LogP contribution in [0.5, 0.6) is 5.75 Å². The fourth-order valence-corrected chi connectivity index (χ4v) is 1.83. The van der Waals surface area contributed by atoms with Gasteiger partial charge in [0.25, 0.3) is 5.92 Å². The lowest BCUT2D eigenvalue weighted by molar-refractivity contribution is -0.122. The topological polar surface area (TPSA) is 64.3 Å². The Hall–Kier alpha value is -1.21. The zero-order valence-electron chi connectivity index (χ0n) is 10.4. The van der Waals surface area contributed by atoms with Gasteiger partial charge in [0.1, 0.15) is 5.75 Å². The Labute approximate surface area is 118 Å². The third-order valence-corrected chi connectivity index (χ3v) is 2.93. The monoisotopic (exact) mass is 336 g/mol. The van der Waals surface area contributed by atoms with Gasteiger partial charge in [-0.3, -0.25) is 4.79 Å². The molecule has 3 N–H and O–H groups in total. The lowest BCUT2D eigenvalue weighted by Crippen LogP contribution is -2.42. The first-order valence-electron chi connectivity index (χ1n) is 5.55. The Morgan fingerprint density at radius 3 is 2.79 bits per heavy atom.